The predicted molar refractivity (Wildman–Crippen MR) is 87.6 cm³/mol. The number of hydrogen-bond donors (Lipinski definition) is 1. The molecular weight excluding hydrogens is 315 g/mol. The third-order valence-electron chi connectivity index (χ3n) is 3.17. The molecule has 4 nitrogen and oxygen atoms in total. The molecule has 6 heteroatoms. The van der Waals surface area contributed by atoms with E-state index < -0.39 is 0 Å². The van der Waals surface area contributed by atoms with Gasteiger partial charge in [-0.2, -0.15) is 5.32 Å². The van der Waals surface area contributed by atoms with Gasteiger partial charge in [-0.25, -0.2) is 4.39 Å². The number of amides is 1. The number of ether oxygens (including phenoxy) is 1. The van der Waals surface area contributed by atoms with Crippen molar-refractivity contribution < 1.29 is 13.9 Å². The molecule has 1 amide bonds. The van der Waals surface area contributed by atoms with Crippen LogP contribution in [-0.2, 0) is 11.2 Å². The van der Waals surface area contributed by atoms with Gasteiger partial charge in [0.25, 0.3) is 5.91 Å². The standard InChI is InChI=1S/C17H12FN2O2S/c18-13-4-2-6-15(9-13)22-14-5-1-3-11(8-14)7-12-10-19-17(23)20-16(12)21/h1-6,8-10H,7H2,(H,19,23). The minimum absolute atomic E-state index is 0.168. The highest BCUT2D eigenvalue weighted by molar-refractivity contribution is 7.80. The first kappa shape index (κ1) is 15.2. The molecule has 1 heterocycles. The highest BCUT2D eigenvalue weighted by Crippen LogP contribution is 2.24. The van der Waals surface area contributed by atoms with E-state index in [4.69, 9.17) is 17.0 Å². The van der Waals surface area contributed by atoms with Crippen LogP contribution in [0, 0.1) is 5.82 Å². The number of carbonyl (C=O) groups is 1. The van der Waals surface area contributed by atoms with E-state index in [1.54, 1.807) is 30.5 Å². The normalized spacial score (nSPS) is 13.9. The van der Waals surface area contributed by atoms with Gasteiger partial charge in [0.15, 0.2) is 5.11 Å². The lowest BCUT2D eigenvalue weighted by Crippen LogP contribution is -2.37. The van der Waals surface area contributed by atoms with Crippen LogP contribution in [0.15, 0.2) is 60.3 Å². The molecule has 0 saturated heterocycles. The van der Waals surface area contributed by atoms with Crippen molar-refractivity contribution in [3.8, 4) is 11.5 Å². The largest absolute Gasteiger partial charge is 0.457 e. The molecule has 0 spiro atoms. The molecule has 0 aromatic heterocycles. The lowest BCUT2D eigenvalue weighted by molar-refractivity contribution is -0.116. The van der Waals surface area contributed by atoms with Gasteiger partial charge in [0, 0.05) is 24.3 Å². The highest BCUT2D eigenvalue weighted by Gasteiger charge is 2.18. The van der Waals surface area contributed by atoms with Gasteiger partial charge < -0.3 is 10.1 Å². The Hall–Kier alpha value is -2.73. The van der Waals surface area contributed by atoms with E-state index >= 15 is 0 Å². The number of nitrogens with one attached hydrogen (secondary N) is 1. The molecule has 2 aromatic rings. The zero-order chi connectivity index (χ0) is 16.2. The topological polar surface area (TPSA) is 52.4 Å². The van der Waals surface area contributed by atoms with E-state index in [1.807, 2.05) is 12.1 Å². The number of benzene rings is 2. The van der Waals surface area contributed by atoms with Crippen molar-refractivity contribution >= 4 is 23.2 Å². The summed E-state index contributed by atoms with van der Waals surface area (Å²) in [4.78, 5) is 11.8. The van der Waals surface area contributed by atoms with Crippen LogP contribution in [0.25, 0.3) is 0 Å². The van der Waals surface area contributed by atoms with Gasteiger partial charge in [-0.15, -0.1) is 0 Å². The average molecular weight is 327 g/mol. The van der Waals surface area contributed by atoms with Gasteiger partial charge in [-0.3, -0.25) is 4.79 Å². The summed E-state index contributed by atoms with van der Waals surface area (Å²) in [6, 6.07) is 13.2. The smallest absolute Gasteiger partial charge is 0.277 e. The number of halogens is 1. The summed E-state index contributed by atoms with van der Waals surface area (Å²) in [5, 5.41) is 6.62. The zero-order valence-electron chi connectivity index (χ0n) is 12.0. The van der Waals surface area contributed by atoms with Crippen molar-refractivity contribution in [2.24, 2.45) is 0 Å². The van der Waals surface area contributed by atoms with Gasteiger partial charge in [-0.05, 0) is 42.0 Å². The second-order valence-corrected chi connectivity index (χ2v) is 5.31. The van der Waals surface area contributed by atoms with Crippen molar-refractivity contribution in [2.75, 3.05) is 0 Å². The lowest BCUT2D eigenvalue weighted by Gasteiger charge is -2.14. The maximum atomic E-state index is 13.2. The van der Waals surface area contributed by atoms with E-state index in [-0.39, 0.29) is 16.8 Å². The molecule has 0 saturated carbocycles. The summed E-state index contributed by atoms with van der Waals surface area (Å²) in [6.07, 6.45) is 1.97. The van der Waals surface area contributed by atoms with Gasteiger partial charge in [0.1, 0.15) is 17.3 Å². The summed E-state index contributed by atoms with van der Waals surface area (Å²) in [5.41, 5.74) is 1.39. The Kier molecular flexibility index (Phi) is 4.34. The Balaban J connectivity index is 1.75. The molecule has 0 fully saturated rings. The summed E-state index contributed by atoms with van der Waals surface area (Å²) in [6.45, 7) is 0. The van der Waals surface area contributed by atoms with Crippen molar-refractivity contribution in [1.29, 1.82) is 0 Å². The highest BCUT2D eigenvalue weighted by atomic mass is 32.1. The molecule has 0 bridgehead atoms. The summed E-state index contributed by atoms with van der Waals surface area (Å²) in [7, 11) is 0. The number of carbonyl (C=O) groups excluding carboxylic acids is 1. The van der Waals surface area contributed by atoms with E-state index in [0.29, 0.717) is 23.5 Å². The van der Waals surface area contributed by atoms with Crippen LogP contribution in [0.2, 0.25) is 0 Å². The lowest BCUT2D eigenvalue weighted by atomic mass is 10.0. The molecule has 115 valence electrons. The maximum Gasteiger partial charge on any atom is 0.277 e. The van der Waals surface area contributed by atoms with Crippen LogP contribution >= 0.6 is 12.2 Å². The molecule has 0 unspecified atom stereocenters. The Morgan fingerprint density at radius 3 is 2.61 bits per heavy atom. The molecular formula is C17H12FN2O2S. The molecule has 1 radical (unpaired) electrons. The minimum Gasteiger partial charge on any atom is -0.457 e. The van der Waals surface area contributed by atoms with Crippen LogP contribution < -0.4 is 15.4 Å². The first-order valence-electron chi connectivity index (χ1n) is 6.88. The first-order chi connectivity index (χ1) is 11.1. The van der Waals surface area contributed by atoms with Crippen LogP contribution in [0.1, 0.15) is 5.56 Å². The van der Waals surface area contributed by atoms with E-state index in [2.05, 4.69) is 10.6 Å². The first-order valence-corrected chi connectivity index (χ1v) is 7.29. The molecule has 0 atom stereocenters. The Morgan fingerprint density at radius 2 is 1.87 bits per heavy atom. The third-order valence-corrected chi connectivity index (χ3v) is 3.38. The summed E-state index contributed by atoms with van der Waals surface area (Å²) >= 11 is 4.81. The van der Waals surface area contributed by atoms with Crippen molar-refractivity contribution in [1.82, 2.24) is 10.6 Å². The van der Waals surface area contributed by atoms with Crippen LogP contribution in [-0.4, -0.2) is 11.0 Å². The second-order valence-electron chi connectivity index (χ2n) is 4.92. The van der Waals surface area contributed by atoms with Crippen molar-refractivity contribution in [2.45, 2.75) is 6.42 Å². The molecule has 1 aliphatic heterocycles. The van der Waals surface area contributed by atoms with E-state index in [9.17, 15) is 9.18 Å². The number of rotatable bonds is 4. The maximum absolute atomic E-state index is 13.2. The van der Waals surface area contributed by atoms with Crippen LogP contribution in [0.4, 0.5) is 4.39 Å². The second kappa shape index (κ2) is 6.58. The SMILES string of the molecule is O=C1[N]C(=S)NC=C1Cc1cccc(Oc2cccc(F)c2)c1. The van der Waals surface area contributed by atoms with Crippen molar-refractivity contribution in [3.05, 3.63) is 71.7 Å². The molecule has 2 aromatic carbocycles. The molecule has 0 aliphatic carbocycles. The summed E-state index contributed by atoms with van der Waals surface area (Å²) < 4.78 is 18.8. The van der Waals surface area contributed by atoms with Gasteiger partial charge in [0.05, 0.1) is 0 Å². The minimum atomic E-state index is -0.361. The molecule has 1 N–H and O–H groups in total. The Labute approximate surface area is 138 Å². The van der Waals surface area contributed by atoms with E-state index in [0.717, 1.165) is 5.56 Å². The van der Waals surface area contributed by atoms with Gasteiger partial charge >= 0.3 is 0 Å². The fourth-order valence-corrected chi connectivity index (χ4v) is 2.28. The quantitative estimate of drug-likeness (QED) is 0.877. The molecule has 23 heavy (non-hydrogen) atoms. The van der Waals surface area contributed by atoms with Gasteiger partial charge in [0.2, 0.25) is 0 Å². The molecule has 1 aliphatic rings. The average Bonchev–Trinajstić information content (AvgIpc) is 2.51. The number of hydrogen-bond acceptors (Lipinski definition) is 3. The Bertz CT molecular complexity index is 805. The fourth-order valence-electron chi connectivity index (χ4n) is 2.14. The fraction of sp³-hybridized carbons (Fsp3) is 0.0588. The van der Waals surface area contributed by atoms with Crippen LogP contribution in [0.5, 0.6) is 11.5 Å². The molecule has 3 rings (SSSR count). The van der Waals surface area contributed by atoms with E-state index in [1.165, 1.54) is 12.1 Å². The number of nitrogens with zero attached hydrogens (tertiary/aromatic N) is 1. The van der Waals surface area contributed by atoms with Crippen molar-refractivity contribution in [3.63, 3.8) is 0 Å². The Morgan fingerprint density at radius 1 is 1.13 bits per heavy atom. The van der Waals surface area contributed by atoms with Crippen LogP contribution in [0.3, 0.4) is 0 Å². The number of thiocarbonyl (C=S) groups is 1. The monoisotopic (exact) mass is 327 g/mol. The zero-order valence-corrected chi connectivity index (χ0v) is 12.8. The summed E-state index contributed by atoms with van der Waals surface area (Å²) in [5.74, 6) is 0.278. The van der Waals surface area contributed by atoms with Gasteiger partial charge in [-0.1, -0.05) is 18.2 Å². The predicted octanol–water partition coefficient (Wildman–Crippen LogP) is 3.06. The third kappa shape index (κ3) is 3.92.